The summed E-state index contributed by atoms with van der Waals surface area (Å²) in [4.78, 5) is 11.1. The molecule has 0 aliphatic heterocycles. The standard InChI is InChI=1S/C10H13ClN2O2/c1-6-3-7(11)4-8(10(6)15-2)13-9(14)5-12/h3-4H,5,12H2,1-2H3,(H,13,14). The minimum Gasteiger partial charge on any atom is -0.494 e. The van der Waals surface area contributed by atoms with Gasteiger partial charge in [0.25, 0.3) is 0 Å². The highest BCUT2D eigenvalue weighted by molar-refractivity contribution is 6.31. The van der Waals surface area contributed by atoms with Crippen LogP contribution in [0.2, 0.25) is 5.02 Å². The fraction of sp³-hybridized carbons (Fsp3) is 0.300. The first-order valence-electron chi connectivity index (χ1n) is 4.42. The molecule has 0 aliphatic rings. The van der Waals surface area contributed by atoms with Gasteiger partial charge >= 0.3 is 0 Å². The first kappa shape index (κ1) is 11.8. The number of methoxy groups -OCH3 is 1. The predicted molar refractivity (Wildman–Crippen MR) is 60.4 cm³/mol. The van der Waals surface area contributed by atoms with E-state index in [1.807, 2.05) is 6.92 Å². The maximum absolute atomic E-state index is 11.1. The number of halogens is 1. The number of nitrogens with one attached hydrogen (secondary N) is 1. The molecule has 0 aromatic heterocycles. The molecular weight excluding hydrogens is 216 g/mol. The molecule has 1 aromatic carbocycles. The van der Waals surface area contributed by atoms with Crippen LogP contribution in [0.25, 0.3) is 0 Å². The van der Waals surface area contributed by atoms with Crippen molar-refractivity contribution < 1.29 is 9.53 Å². The second kappa shape index (κ2) is 5.00. The van der Waals surface area contributed by atoms with Crippen molar-refractivity contribution in [1.82, 2.24) is 0 Å². The molecule has 15 heavy (non-hydrogen) atoms. The molecular formula is C10H13ClN2O2. The number of ether oxygens (including phenoxy) is 1. The average molecular weight is 229 g/mol. The van der Waals surface area contributed by atoms with Gasteiger partial charge in [-0.1, -0.05) is 11.6 Å². The van der Waals surface area contributed by atoms with Gasteiger partial charge in [-0.25, -0.2) is 0 Å². The number of aryl methyl sites for hydroxylation is 1. The van der Waals surface area contributed by atoms with Crippen LogP contribution in [-0.4, -0.2) is 19.6 Å². The quantitative estimate of drug-likeness (QED) is 0.825. The molecule has 1 aromatic rings. The lowest BCUT2D eigenvalue weighted by molar-refractivity contribution is -0.114. The van der Waals surface area contributed by atoms with E-state index in [0.29, 0.717) is 16.5 Å². The molecule has 1 rings (SSSR count). The minimum atomic E-state index is -0.282. The van der Waals surface area contributed by atoms with Crippen molar-refractivity contribution in [2.45, 2.75) is 6.92 Å². The minimum absolute atomic E-state index is 0.0747. The van der Waals surface area contributed by atoms with Crippen molar-refractivity contribution >= 4 is 23.2 Å². The Labute approximate surface area is 93.4 Å². The van der Waals surface area contributed by atoms with Crippen LogP contribution >= 0.6 is 11.6 Å². The van der Waals surface area contributed by atoms with Gasteiger partial charge in [0, 0.05) is 5.02 Å². The summed E-state index contributed by atoms with van der Waals surface area (Å²) in [6, 6.07) is 3.39. The summed E-state index contributed by atoms with van der Waals surface area (Å²) in [5.74, 6) is 0.316. The molecule has 0 aliphatic carbocycles. The highest BCUT2D eigenvalue weighted by Gasteiger charge is 2.10. The van der Waals surface area contributed by atoms with Gasteiger partial charge in [-0.3, -0.25) is 4.79 Å². The molecule has 82 valence electrons. The number of amides is 1. The van der Waals surface area contributed by atoms with Crippen LogP contribution in [0.15, 0.2) is 12.1 Å². The Morgan fingerprint density at radius 1 is 1.60 bits per heavy atom. The van der Waals surface area contributed by atoms with Gasteiger partial charge in [-0.05, 0) is 24.6 Å². The third-order valence-electron chi connectivity index (χ3n) is 1.90. The van der Waals surface area contributed by atoms with Crippen molar-refractivity contribution in [1.29, 1.82) is 0 Å². The Morgan fingerprint density at radius 2 is 2.27 bits per heavy atom. The molecule has 1 amide bonds. The average Bonchev–Trinajstić information content (AvgIpc) is 2.17. The van der Waals surface area contributed by atoms with E-state index in [9.17, 15) is 4.79 Å². The SMILES string of the molecule is COc1c(C)cc(Cl)cc1NC(=O)CN. The Morgan fingerprint density at radius 3 is 2.80 bits per heavy atom. The highest BCUT2D eigenvalue weighted by atomic mass is 35.5. The fourth-order valence-electron chi connectivity index (χ4n) is 1.29. The van der Waals surface area contributed by atoms with Gasteiger partial charge in [0.15, 0.2) is 0 Å². The molecule has 0 bridgehead atoms. The molecule has 0 saturated heterocycles. The highest BCUT2D eigenvalue weighted by Crippen LogP contribution is 2.31. The van der Waals surface area contributed by atoms with Gasteiger partial charge in [0.1, 0.15) is 5.75 Å². The zero-order chi connectivity index (χ0) is 11.4. The predicted octanol–water partition coefficient (Wildman–Crippen LogP) is 1.55. The number of benzene rings is 1. The largest absolute Gasteiger partial charge is 0.494 e. The summed E-state index contributed by atoms with van der Waals surface area (Å²) < 4.78 is 5.16. The van der Waals surface area contributed by atoms with Crippen LogP contribution in [-0.2, 0) is 4.79 Å². The van der Waals surface area contributed by atoms with Gasteiger partial charge in [-0.15, -0.1) is 0 Å². The number of anilines is 1. The molecule has 0 radical (unpaired) electrons. The fourth-order valence-corrected chi connectivity index (χ4v) is 1.57. The van der Waals surface area contributed by atoms with Crippen LogP contribution in [0.1, 0.15) is 5.56 Å². The van der Waals surface area contributed by atoms with Crippen LogP contribution in [0.3, 0.4) is 0 Å². The van der Waals surface area contributed by atoms with Crippen molar-refractivity contribution in [3.8, 4) is 5.75 Å². The number of nitrogens with two attached hydrogens (primary N) is 1. The molecule has 0 saturated carbocycles. The number of carbonyl (C=O) groups excluding carboxylic acids is 1. The summed E-state index contributed by atoms with van der Waals surface area (Å²) in [7, 11) is 1.54. The lowest BCUT2D eigenvalue weighted by Gasteiger charge is -2.12. The van der Waals surface area contributed by atoms with Crippen LogP contribution in [0.4, 0.5) is 5.69 Å². The van der Waals surface area contributed by atoms with E-state index < -0.39 is 0 Å². The van der Waals surface area contributed by atoms with E-state index in [4.69, 9.17) is 22.1 Å². The normalized spacial score (nSPS) is 9.87. The Kier molecular flexibility index (Phi) is 3.94. The van der Waals surface area contributed by atoms with E-state index >= 15 is 0 Å². The maximum Gasteiger partial charge on any atom is 0.238 e. The first-order valence-corrected chi connectivity index (χ1v) is 4.80. The van der Waals surface area contributed by atoms with Crippen LogP contribution in [0, 0.1) is 6.92 Å². The monoisotopic (exact) mass is 228 g/mol. The second-order valence-corrected chi connectivity index (χ2v) is 3.49. The molecule has 3 N–H and O–H groups in total. The molecule has 4 nitrogen and oxygen atoms in total. The Hall–Kier alpha value is -1.26. The first-order chi connectivity index (χ1) is 7.08. The number of hydrogen-bond donors (Lipinski definition) is 2. The van der Waals surface area contributed by atoms with Gasteiger partial charge in [0.05, 0.1) is 19.3 Å². The van der Waals surface area contributed by atoms with Crippen molar-refractivity contribution in [2.75, 3.05) is 19.0 Å². The smallest absolute Gasteiger partial charge is 0.238 e. The van der Waals surface area contributed by atoms with Gasteiger partial charge in [0.2, 0.25) is 5.91 Å². The molecule has 0 unspecified atom stereocenters. The lowest BCUT2D eigenvalue weighted by Crippen LogP contribution is -2.22. The van der Waals surface area contributed by atoms with Crippen molar-refractivity contribution in [3.63, 3.8) is 0 Å². The van der Waals surface area contributed by atoms with Crippen LogP contribution < -0.4 is 15.8 Å². The van der Waals surface area contributed by atoms with E-state index in [1.165, 1.54) is 7.11 Å². The molecule has 5 heteroatoms. The lowest BCUT2D eigenvalue weighted by atomic mass is 10.2. The second-order valence-electron chi connectivity index (χ2n) is 3.06. The zero-order valence-corrected chi connectivity index (χ0v) is 9.39. The Bertz CT molecular complexity index is 380. The molecule has 0 atom stereocenters. The van der Waals surface area contributed by atoms with E-state index in [2.05, 4.69) is 5.32 Å². The number of carbonyl (C=O) groups is 1. The third kappa shape index (κ3) is 2.84. The zero-order valence-electron chi connectivity index (χ0n) is 8.63. The summed E-state index contributed by atoms with van der Waals surface area (Å²) in [6.45, 7) is 1.78. The maximum atomic E-state index is 11.1. The summed E-state index contributed by atoms with van der Waals surface area (Å²) >= 11 is 5.87. The topological polar surface area (TPSA) is 64.3 Å². The van der Waals surface area contributed by atoms with Gasteiger partial charge in [-0.2, -0.15) is 0 Å². The summed E-state index contributed by atoms with van der Waals surface area (Å²) in [5.41, 5.74) is 6.60. The van der Waals surface area contributed by atoms with Crippen LogP contribution in [0.5, 0.6) is 5.75 Å². The van der Waals surface area contributed by atoms with Crippen molar-refractivity contribution in [2.24, 2.45) is 5.73 Å². The Balaban J connectivity index is 3.09. The van der Waals surface area contributed by atoms with E-state index in [-0.39, 0.29) is 12.5 Å². The molecule has 0 heterocycles. The number of hydrogen-bond acceptors (Lipinski definition) is 3. The summed E-state index contributed by atoms with van der Waals surface area (Å²) in [5, 5.41) is 3.16. The molecule has 0 fully saturated rings. The molecule has 0 spiro atoms. The van der Waals surface area contributed by atoms with E-state index in [0.717, 1.165) is 5.56 Å². The van der Waals surface area contributed by atoms with Gasteiger partial charge < -0.3 is 15.8 Å². The third-order valence-corrected chi connectivity index (χ3v) is 2.12. The van der Waals surface area contributed by atoms with E-state index in [1.54, 1.807) is 12.1 Å². The number of rotatable bonds is 3. The van der Waals surface area contributed by atoms with Crippen molar-refractivity contribution in [3.05, 3.63) is 22.7 Å². The summed E-state index contributed by atoms with van der Waals surface area (Å²) in [6.07, 6.45) is 0.